The number of nitrogens with zero attached hydrogens (tertiary/aromatic N) is 2. The third-order valence-corrected chi connectivity index (χ3v) is 1.93. The minimum Gasteiger partial charge on any atom is -0.347 e. The van der Waals surface area contributed by atoms with Gasteiger partial charge in [0.05, 0.1) is 6.54 Å². The summed E-state index contributed by atoms with van der Waals surface area (Å²) in [5, 5.41) is 0. The predicted molar refractivity (Wildman–Crippen MR) is 54.5 cm³/mol. The van der Waals surface area contributed by atoms with Gasteiger partial charge in [0.2, 0.25) is 5.91 Å². The lowest BCUT2D eigenvalue weighted by molar-refractivity contribution is -0.138. The number of imidazole rings is 1. The fourth-order valence-corrected chi connectivity index (χ4v) is 1.25. The average Bonchev–Trinajstić information content (AvgIpc) is 2.53. The fourth-order valence-electron chi connectivity index (χ4n) is 1.25. The third kappa shape index (κ3) is 2.58. The monoisotopic (exact) mass is 195 g/mol. The van der Waals surface area contributed by atoms with Crippen LogP contribution in [0.3, 0.4) is 0 Å². The molecule has 0 fully saturated rings. The van der Waals surface area contributed by atoms with E-state index in [1.165, 1.54) is 0 Å². The first-order chi connectivity index (χ1) is 6.41. The van der Waals surface area contributed by atoms with Crippen molar-refractivity contribution in [3.05, 3.63) is 18.2 Å². The van der Waals surface area contributed by atoms with E-state index in [2.05, 4.69) is 9.97 Å². The van der Waals surface area contributed by atoms with E-state index in [4.69, 9.17) is 0 Å². The molecule has 0 saturated heterocycles. The number of carbonyl (C=O) groups excluding carboxylic acids is 1. The van der Waals surface area contributed by atoms with Gasteiger partial charge in [-0.1, -0.05) is 20.8 Å². The molecule has 0 aliphatic carbocycles. The zero-order valence-electron chi connectivity index (χ0n) is 9.16. The van der Waals surface area contributed by atoms with Crippen LogP contribution in [0.15, 0.2) is 12.4 Å². The quantitative estimate of drug-likeness (QED) is 0.775. The lowest BCUT2D eigenvalue weighted by atomic mass is 9.95. The fraction of sp³-hybridized carbons (Fsp3) is 0.600. The van der Waals surface area contributed by atoms with E-state index >= 15 is 0 Å². The molecule has 0 aromatic carbocycles. The van der Waals surface area contributed by atoms with Crippen LogP contribution >= 0.6 is 0 Å². The van der Waals surface area contributed by atoms with Gasteiger partial charge in [-0.15, -0.1) is 0 Å². The van der Waals surface area contributed by atoms with Crippen LogP contribution in [0.2, 0.25) is 0 Å². The molecule has 1 N–H and O–H groups in total. The minimum atomic E-state index is -0.332. The Balaban J connectivity index is 2.59. The summed E-state index contributed by atoms with van der Waals surface area (Å²) in [7, 11) is 1.79. The van der Waals surface area contributed by atoms with Crippen LogP contribution in [0.25, 0.3) is 0 Å². The zero-order valence-corrected chi connectivity index (χ0v) is 9.16. The van der Waals surface area contributed by atoms with Crippen molar-refractivity contribution < 1.29 is 4.79 Å². The topological polar surface area (TPSA) is 49.0 Å². The molecule has 1 amide bonds. The summed E-state index contributed by atoms with van der Waals surface area (Å²) in [6.07, 6.45) is 3.44. The first-order valence-electron chi connectivity index (χ1n) is 4.65. The van der Waals surface area contributed by atoms with Crippen molar-refractivity contribution in [3.8, 4) is 0 Å². The van der Waals surface area contributed by atoms with Crippen molar-refractivity contribution in [1.82, 2.24) is 14.9 Å². The second kappa shape index (κ2) is 3.82. The molecule has 78 valence electrons. The standard InChI is InChI=1S/C10H17N3O/c1-10(2,3)9(14)13(4)7-8-11-5-6-12-8/h5-6H,7H2,1-4H3,(H,11,12). The largest absolute Gasteiger partial charge is 0.347 e. The molecule has 0 spiro atoms. The number of hydrogen-bond donors (Lipinski definition) is 1. The molecule has 0 bridgehead atoms. The van der Waals surface area contributed by atoms with Gasteiger partial charge < -0.3 is 9.88 Å². The molecule has 0 aliphatic rings. The smallest absolute Gasteiger partial charge is 0.228 e. The molecule has 0 aliphatic heterocycles. The van der Waals surface area contributed by atoms with Crippen molar-refractivity contribution >= 4 is 5.91 Å². The molecule has 14 heavy (non-hydrogen) atoms. The van der Waals surface area contributed by atoms with Crippen molar-refractivity contribution in [2.45, 2.75) is 27.3 Å². The molecular formula is C10H17N3O. The van der Waals surface area contributed by atoms with Gasteiger partial charge in [-0.2, -0.15) is 0 Å². The van der Waals surface area contributed by atoms with E-state index in [9.17, 15) is 4.79 Å². The lowest BCUT2D eigenvalue weighted by Gasteiger charge is -2.25. The molecule has 1 aromatic heterocycles. The van der Waals surface area contributed by atoms with E-state index in [0.29, 0.717) is 6.54 Å². The first-order valence-corrected chi connectivity index (χ1v) is 4.65. The highest BCUT2D eigenvalue weighted by Crippen LogP contribution is 2.17. The van der Waals surface area contributed by atoms with Crippen molar-refractivity contribution in [2.24, 2.45) is 5.41 Å². The van der Waals surface area contributed by atoms with Gasteiger partial charge in [0.25, 0.3) is 0 Å². The summed E-state index contributed by atoms with van der Waals surface area (Å²) in [4.78, 5) is 20.5. The van der Waals surface area contributed by atoms with Crippen molar-refractivity contribution in [2.75, 3.05) is 7.05 Å². The summed E-state index contributed by atoms with van der Waals surface area (Å²) in [5.74, 6) is 0.930. The van der Waals surface area contributed by atoms with Gasteiger partial charge in [-0.05, 0) is 0 Å². The van der Waals surface area contributed by atoms with E-state index in [1.807, 2.05) is 20.8 Å². The number of H-pyrrole nitrogens is 1. The molecular weight excluding hydrogens is 178 g/mol. The van der Waals surface area contributed by atoms with Gasteiger partial charge in [-0.3, -0.25) is 4.79 Å². The average molecular weight is 195 g/mol. The Kier molecular flexibility index (Phi) is 2.93. The molecule has 0 radical (unpaired) electrons. The maximum Gasteiger partial charge on any atom is 0.228 e. The van der Waals surface area contributed by atoms with E-state index in [-0.39, 0.29) is 11.3 Å². The van der Waals surface area contributed by atoms with Crippen LogP contribution in [0.1, 0.15) is 26.6 Å². The van der Waals surface area contributed by atoms with Crippen molar-refractivity contribution in [3.63, 3.8) is 0 Å². The van der Waals surface area contributed by atoms with Crippen LogP contribution in [-0.4, -0.2) is 27.8 Å². The molecule has 0 saturated carbocycles. The maximum atomic E-state index is 11.8. The maximum absolute atomic E-state index is 11.8. The van der Waals surface area contributed by atoms with Crippen LogP contribution in [0.5, 0.6) is 0 Å². The summed E-state index contributed by atoms with van der Waals surface area (Å²) >= 11 is 0. The molecule has 1 aromatic rings. The number of nitrogens with one attached hydrogen (secondary N) is 1. The van der Waals surface area contributed by atoms with Crippen LogP contribution in [-0.2, 0) is 11.3 Å². The first kappa shape index (κ1) is 10.8. The second-order valence-electron chi connectivity index (χ2n) is 4.45. The Hall–Kier alpha value is -1.32. The summed E-state index contributed by atoms with van der Waals surface area (Å²) in [6.45, 7) is 6.26. The van der Waals surface area contributed by atoms with Gasteiger partial charge in [0, 0.05) is 24.9 Å². The van der Waals surface area contributed by atoms with Crippen LogP contribution < -0.4 is 0 Å². The molecule has 1 heterocycles. The summed E-state index contributed by atoms with van der Waals surface area (Å²) < 4.78 is 0. The molecule has 1 rings (SSSR count). The highest BCUT2D eigenvalue weighted by molar-refractivity contribution is 5.81. The number of carbonyl (C=O) groups is 1. The third-order valence-electron chi connectivity index (χ3n) is 1.93. The summed E-state index contributed by atoms with van der Waals surface area (Å²) in [6, 6.07) is 0. The van der Waals surface area contributed by atoms with Gasteiger partial charge in [-0.25, -0.2) is 4.98 Å². The number of rotatable bonds is 2. The Morgan fingerprint density at radius 2 is 2.21 bits per heavy atom. The Bertz CT molecular complexity index is 298. The highest BCUT2D eigenvalue weighted by Gasteiger charge is 2.25. The Morgan fingerprint density at radius 1 is 1.57 bits per heavy atom. The van der Waals surface area contributed by atoms with Crippen molar-refractivity contribution in [1.29, 1.82) is 0 Å². The minimum absolute atomic E-state index is 0.119. The van der Waals surface area contributed by atoms with E-state index < -0.39 is 0 Å². The van der Waals surface area contributed by atoms with E-state index in [0.717, 1.165) is 5.82 Å². The molecule has 0 atom stereocenters. The SMILES string of the molecule is CN(Cc1ncc[nH]1)C(=O)C(C)(C)C. The Morgan fingerprint density at radius 3 is 2.64 bits per heavy atom. The zero-order chi connectivity index (χ0) is 10.8. The predicted octanol–water partition coefficient (Wildman–Crippen LogP) is 1.41. The van der Waals surface area contributed by atoms with Crippen LogP contribution in [0, 0.1) is 5.41 Å². The molecule has 4 nitrogen and oxygen atoms in total. The second-order valence-corrected chi connectivity index (χ2v) is 4.45. The molecule has 0 unspecified atom stereocenters. The number of aromatic amines is 1. The van der Waals surface area contributed by atoms with Gasteiger partial charge in [0.15, 0.2) is 0 Å². The number of aromatic nitrogens is 2. The Labute approximate surface area is 84.3 Å². The normalized spacial score (nSPS) is 11.4. The van der Waals surface area contributed by atoms with E-state index in [1.54, 1.807) is 24.3 Å². The van der Waals surface area contributed by atoms with Gasteiger partial charge >= 0.3 is 0 Å². The number of hydrogen-bond acceptors (Lipinski definition) is 2. The lowest BCUT2D eigenvalue weighted by Crippen LogP contribution is -2.36. The molecule has 4 heteroatoms. The van der Waals surface area contributed by atoms with Crippen LogP contribution in [0.4, 0.5) is 0 Å². The van der Waals surface area contributed by atoms with Gasteiger partial charge in [0.1, 0.15) is 5.82 Å². The number of amides is 1. The highest BCUT2D eigenvalue weighted by atomic mass is 16.2. The summed E-state index contributed by atoms with van der Waals surface area (Å²) in [5.41, 5.74) is -0.332.